The van der Waals surface area contributed by atoms with Gasteiger partial charge in [0.25, 0.3) is 5.69 Å². The smallest absolute Gasteiger partial charge is 0.258 e. The first kappa shape index (κ1) is 9.33. The number of nitro benzene ring substituents is 1. The number of benzene rings is 1. The Morgan fingerprint density at radius 2 is 1.77 bits per heavy atom. The molecule has 13 heavy (non-hydrogen) atoms. The van der Waals surface area contributed by atoms with Gasteiger partial charge in [0.1, 0.15) is 0 Å². The second kappa shape index (κ2) is 3.76. The molecule has 6 nitrogen and oxygen atoms in total. The van der Waals surface area contributed by atoms with Crippen LogP contribution in [0.5, 0.6) is 0 Å². The van der Waals surface area contributed by atoms with Gasteiger partial charge in [0, 0.05) is 12.1 Å². The Labute approximate surface area is 74.7 Å². The van der Waals surface area contributed by atoms with Crippen LogP contribution in [0.3, 0.4) is 0 Å². The highest BCUT2D eigenvalue weighted by molar-refractivity contribution is 7.61. The van der Waals surface area contributed by atoms with Crippen molar-refractivity contribution in [1.29, 1.82) is 0 Å². The lowest BCUT2D eigenvalue weighted by Crippen LogP contribution is -1.85. The van der Waals surface area contributed by atoms with Crippen molar-refractivity contribution in [3.05, 3.63) is 34.4 Å². The monoisotopic (exact) mass is 200 g/mol. The predicted molar refractivity (Wildman–Crippen MR) is 44.1 cm³/mol. The number of nitrogens with zero attached hydrogens (tertiary/aromatic N) is 2. The molecule has 68 valence electrons. The molecule has 0 saturated carbocycles. The highest BCUT2D eigenvalue weighted by atomic mass is 32.2. The number of hydrogen-bond donors (Lipinski definition) is 0. The van der Waals surface area contributed by atoms with E-state index in [0.29, 0.717) is 0 Å². The number of nitro groups is 1. The van der Waals surface area contributed by atoms with E-state index in [9.17, 15) is 18.5 Å². The quantitative estimate of drug-likeness (QED) is 0.531. The molecule has 0 atom stereocenters. The maximum Gasteiger partial charge on any atom is 0.316 e. The highest BCUT2D eigenvalue weighted by Crippen LogP contribution is 2.17. The molecule has 7 heteroatoms. The van der Waals surface area contributed by atoms with Crippen molar-refractivity contribution in [1.82, 2.24) is 0 Å². The van der Waals surface area contributed by atoms with Crippen LogP contribution in [0.1, 0.15) is 0 Å². The molecule has 0 amide bonds. The van der Waals surface area contributed by atoms with E-state index in [1.807, 2.05) is 0 Å². The third kappa shape index (κ3) is 2.64. The zero-order valence-corrected chi connectivity index (χ0v) is 7.06. The lowest BCUT2D eigenvalue weighted by atomic mass is 10.3. The summed E-state index contributed by atoms with van der Waals surface area (Å²) in [4.78, 5) is 9.62. The Morgan fingerprint density at radius 3 is 2.15 bits per heavy atom. The predicted octanol–water partition coefficient (Wildman–Crippen LogP) is 1.29. The zero-order valence-electron chi connectivity index (χ0n) is 6.25. The standard InChI is InChI=1S/C6H4N2O4S/c9-8(10)6-3-1-5(2-4-6)7-13(11)12/h1-4H. The molecule has 0 spiro atoms. The van der Waals surface area contributed by atoms with Gasteiger partial charge in [0.15, 0.2) is 0 Å². The fourth-order valence-corrected chi connectivity index (χ4v) is 1.02. The lowest BCUT2D eigenvalue weighted by Gasteiger charge is -1.89. The van der Waals surface area contributed by atoms with Crippen molar-refractivity contribution in [3.8, 4) is 0 Å². The summed E-state index contributed by atoms with van der Waals surface area (Å²) in [6.45, 7) is 0. The summed E-state index contributed by atoms with van der Waals surface area (Å²) in [5.41, 5.74) is 0.0644. The van der Waals surface area contributed by atoms with E-state index in [1.165, 1.54) is 24.3 Å². The van der Waals surface area contributed by atoms with Gasteiger partial charge in [0.2, 0.25) is 0 Å². The van der Waals surface area contributed by atoms with Crippen molar-refractivity contribution in [2.24, 2.45) is 4.36 Å². The zero-order chi connectivity index (χ0) is 9.84. The SMILES string of the molecule is O=[N+]([O-])c1ccc(N=S(=O)=O)cc1. The summed E-state index contributed by atoms with van der Waals surface area (Å²) in [6.07, 6.45) is 0. The molecule has 1 aromatic rings. The van der Waals surface area contributed by atoms with E-state index < -0.39 is 15.4 Å². The van der Waals surface area contributed by atoms with Crippen LogP contribution in [0.25, 0.3) is 0 Å². The average molecular weight is 200 g/mol. The molecule has 0 aliphatic heterocycles. The molecular weight excluding hydrogens is 196 g/mol. The summed E-state index contributed by atoms with van der Waals surface area (Å²) < 4.78 is 23.3. The van der Waals surface area contributed by atoms with Crippen LogP contribution in [0.2, 0.25) is 0 Å². The van der Waals surface area contributed by atoms with Gasteiger partial charge in [0.05, 0.1) is 10.6 Å². The minimum atomic E-state index is -2.53. The number of non-ortho nitro benzene ring substituents is 1. The summed E-state index contributed by atoms with van der Waals surface area (Å²) >= 11 is 0. The third-order valence-corrected chi connectivity index (χ3v) is 1.60. The van der Waals surface area contributed by atoms with E-state index in [-0.39, 0.29) is 11.4 Å². The molecular formula is C6H4N2O4S. The molecule has 1 rings (SSSR count). The Hall–Kier alpha value is -1.76. The summed E-state index contributed by atoms with van der Waals surface area (Å²) in [7, 11) is -2.53. The second-order valence-electron chi connectivity index (χ2n) is 2.08. The molecule has 0 aliphatic carbocycles. The van der Waals surface area contributed by atoms with Gasteiger partial charge in [-0.1, -0.05) is 0 Å². The first-order valence-corrected chi connectivity index (χ1v) is 4.18. The molecule has 0 aromatic heterocycles. The van der Waals surface area contributed by atoms with Gasteiger partial charge in [-0.3, -0.25) is 10.1 Å². The van der Waals surface area contributed by atoms with Crippen LogP contribution in [0, 0.1) is 10.1 Å². The Balaban J connectivity index is 3.07. The summed E-state index contributed by atoms with van der Waals surface area (Å²) in [5, 5.41) is 10.2. The van der Waals surface area contributed by atoms with Crippen molar-refractivity contribution in [3.63, 3.8) is 0 Å². The lowest BCUT2D eigenvalue weighted by molar-refractivity contribution is -0.384. The van der Waals surface area contributed by atoms with E-state index in [1.54, 1.807) is 0 Å². The molecule has 0 radical (unpaired) electrons. The Bertz CT molecular complexity index is 440. The Morgan fingerprint density at radius 1 is 1.23 bits per heavy atom. The number of rotatable bonds is 2. The van der Waals surface area contributed by atoms with Crippen LogP contribution in [-0.4, -0.2) is 13.3 Å². The van der Waals surface area contributed by atoms with Crippen molar-refractivity contribution in [2.75, 3.05) is 0 Å². The maximum absolute atomic E-state index is 10.2. The van der Waals surface area contributed by atoms with Crippen LogP contribution in [0.15, 0.2) is 28.6 Å². The molecule has 0 fully saturated rings. The van der Waals surface area contributed by atoms with E-state index >= 15 is 0 Å². The molecule has 0 heterocycles. The minimum Gasteiger partial charge on any atom is -0.258 e. The minimum absolute atomic E-state index is 0.101. The fourth-order valence-electron chi connectivity index (χ4n) is 0.721. The molecule has 1 aromatic carbocycles. The second-order valence-corrected chi connectivity index (χ2v) is 2.70. The Kier molecular flexibility index (Phi) is 2.70. The van der Waals surface area contributed by atoms with Gasteiger partial charge < -0.3 is 0 Å². The van der Waals surface area contributed by atoms with Crippen molar-refractivity contribution < 1.29 is 13.3 Å². The average Bonchev–Trinajstić information content (AvgIpc) is 2.04. The molecule has 0 bridgehead atoms. The molecule has 0 unspecified atom stereocenters. The largest absolute Gasteiger partial charge is 0.316 e. The van der Waals surface area contributed by atoms with Crippen LogP contribution in [-0.2, 0) is 10.5 Å². The van der Waals surface area contributed by atoms with Crippen molar-refractivity contribution >= 4 is 21.9 Å². The normalized spacial score (nSPS) is 9.23. The van der Waals surface area contributed by atoms with E-state index in [4.69, 9.17) is 0 Å². The fraction of sp³-hybridized carbons (Fsp3) is 0. The van der Waals surface area contributed by atoms with Gasteiger partial charge in [-0.05, 0) is 12.1 Å². The van der Waals surface area contributed by atoms with Gasteiger partial charge >= 0.3 is 10.5 Å². The topological polar surface area (TPSA) is 89.6 Å². The van der Waals surface area contributed by atoms with Gasteiger partial charge in [-0.2, -0.15) is 8.42 Å². The van der Waals surface area contributed by atoms with Gasteiger partial charge in [-0.25, -0.2) is 0 Å². The first-order chi connectivity index (χ1) is 6.09. The van der Waals surface area contributed by atoms with Crippen LogP contribution in [0.4, 0.5) is 11.4 Å². The van der Waals surface area contributed by atoms with Crippen LogP contribution >= 0.6 is 0 Å². The molecule has 0 N–H and O–H groups in total. The first-order valence-electron chi connectivity index (χ1n) is 3.15. The molecule has 0 saturated heterocycles. The van der Waals surface area contributed by atoms with E-state index in [0.717, 1.165) is 0 Å². The highest BCUT2D eigenvalue weighted by Gasteiger charge is 2.02. The van der Waals surface area contributed by atoms with E-state index in [2.05, 4.69) is 4.36 Å². The van der Waals surface area contributed by atoms with Crippen LogP contribution < -0.4 is 0 Å². The van der Waals surface area contributed by atoms with Gasteiger partial charge in [-0.15, -0.1) is 4.36 Å². The third-order valence-electron chi connectivity index (χ3n) is 1.24. The molecule has 0 aliphatic rings. The van der Waals surface area contributed by atoms with Crippen molar-refractivity contribution in [2.45, 2.75) is 0 Å². The summed E-state index contributed by atoms with van der Waals surface area (Å²) in [6, 6.07) is 4.89. The number of hydrogen-bond acceptors (Lipinski definition) is 5. The summed E-state index contributed by atoms with van der Waals surface area (Å²) in [5.74, 6) is 0. The maximum atomic E-state index is 10.2.